The molecule has 0 N–H and O–H groups in total. The molecule has 4 aliphatic rings. The van der Waals surface area contributed by atoms with Crippen molar-refractivity contribution in [1.29, 1.82) is 0 Å². The Hall–Kier alpha value is -6.12. The Bertz CT molecular complexity index is 3680. The first-order chi connectivity index (χ1) is 45.5. The average molecular weight is 1320 g/mol. The van der Waals surface area contributed by atoms with Gasteiger partial charge in [-0.1, -0.05) is 202 Å². The van der Waals surface area contributed by atoms with Gasteiger partial charge >= 0.3 is 0 Å². The van der Waals surface area contributed by atoms with E-state index in [-0.39, 0.29) is 11.8 Å². The van der Waals surface area contributed by atoms with Crippen LogP contribution in [0.5, 0.6) is 0 Å². The summed E-state index contributed by atoms with van der Waals surface area (Å²) in [7, 11) is 0. The molecule has 5 atom stereocenters. The summed E-state index contributed by atoms with van der Waals surface area (Å²) >= 11 is 6.83. The van der Waals surface area contributed by atoms with E-state index in [1.165, 1.54) is 74.8 Å². The van der Waals surface area contributed by atoms with Crippen LogP contribution < -0.4 is 0 Å². The fraction of sp³-hybridized carbons (Fsp3) is 0.500. The van der Waals surface area contributed by atoms with E-state index < -0.39 is 0 Å². The molecule has 13 heteroatoms. The lowest BCUT2D eigenvalue weighted by Crippen LogP contribution is -2.31. The van der Waals surface area contributed by atoms with E-state index in [2.05, 4.69) is 179 Å². The number of carbonyl (C=O) groups excluding carboxylic acids is 2. The van der Waals surface area contributed by atoms with Gasteiger partial charge in [-0.25, -0.2) is 9.98 Å². The number of carbonyl (C=O) groups is 2. The van der Waals surface area contributed by atoms with Gasteiger partial charge in [-0.05, 0) is 132 Å². The molecule has 0 spiro atoms. The second-order valence-electron chi connectivity index (χ2n) is 26.6. The third kappa shape index (κ3) is 14.5. The number of amides is 2. The Morgan fingerprint density at radius 2 is 0.774 bits per heavy atom. The first kappa shape index (κ1) is 68.3. The SMILES string of the molecule is CCCCC(CC)COC1=NC(c2cccs2)=C2C(=O)N(CC(CC)CCCC)C(c3ccc(-c4ccc5c6ccc(-c7ccc(C8=C9C(OCC(CC)CCCC)=NC(c%10cccs%10)=C9C(=O)N8CC(CC)CCCC)s7)cc6n(CC(CC)CCCC)c5c4)s3)=C12. The van der Waals surface area contributed by atoms with Gasteiger partial charge in [-0.15, -0.1) is 45.3 Å². The van der Waals surface area contributed by atoms with Crippen LogP contribution in [0.25, 0.3) is 65.5 Å². The minimum atomic E-state index is 0.0396. The summed E-state index contributed by atoms with van der Waals surface area (Å²) in [4.78, 5) is 51.9. The maximum absolute atomic E-state index is 15.3. The Labute approximate surface area is 571 Å². The van der Waals surface area contributed by atoms with Crippen molar-refractivity contribution in [2.24, 2.45) is 39.6 Å². The van der Waals surface area contributed by atoms with Crippen LogP contribution in [0.1, 0.15) is 217 Å². The molecule has 0 saturated heterocycles. The van der Waals surface area contributed by atoms with E-state index >= 15 is 9.59 Å². The first-order valence-corrected chi connectivity index (χ1v) is 39.3. The fourth-order valence-electron chi connectivity index (χ4n) is 14.3. The molecule has 9 heterocycles. The smallest absolute Gasteiger partial charge is 0.261 e. The molecule has 0 saturated carbocycles. The summed E-state index contributed by atoms with van der Waals surface area (Å²) in [6.45, 7) is 26.2. The van der Waals surface area contributed by atoms with Gasteiger partial charge in [0.2, 0.25) is 11.8 Å². The number of hydrogen-bond acceptors (Lipinski definition) is 10. The number of nitrogens with zero attached hydrogens (tertiary/aromatic N) is 5. The van der Waals surface area contributed by atoms with Crippen LogP contribution in [0.4, 0.5) is 0 Å². The van der Waals surface area contributed by atoms with Crippen molar-refractivity contribution < 1.29 is 19.1 Å². The predicted molar refractivity (Wildman–Crippen MR) is 399 cm³/mol. The highest BCUT2D eigenvalue weighted by Crippen LogP contribution is 2.51. The maximum Gasteiger partial charge on any atom is 0.261 e. The molecular weight excluding hydrogens is 1220 g/mol. The number of fused-ring (bicyclic) bond motifs is 5. The second kappa shape index (κ2) is 32.1. The molecule has 2 amide bonds. The normalized spacial score (nSPS) is 16.7. The van der Waals surface area contributed by atoms with E-state index in [4.69, 9.17) is 19.5 Å². The minimum absolute atomic E-state index is 0.0396. The summed E-state index contributed by atoms with van der Waals surface area (Å²) in [5.41, 5.74) is 11.3. The number of thiophene rings is 4. The van der Waals surface area contributed by atoms with E-state index in [0.717, 1.165) is 156 Å². The van der Waals surface area contributed by atoms with Crippen LogP contribution in [-0.4, -0.2) is 64.3 Å². The molecule has 11 rings (SSSR count). The number of rotatable bonds is 36. The molecule has 0 radical (unpaired) electrons. The van der Waals surface area contributed by atoms with Crippen molar-refractivity contribution in [3.63, 3.8) is 0 Å². The lowest BCUT2D eigenvalue weighted by molar-refractivity contribution is -0.124. The van der Waals surface area contributed by atoms with Gasteiger partial charge in [0.05, 0.1) is 77.8 Å². The Kier molecular flexibility index (Phi) is 23.5. The van der Waals surface area contributed by atoms with Crippen molar-refractivity contribution in [1.82, 2.24) is 14.4 Å². The van der Waals surface area contributed by atoms with Crippen LogP contribution in [0.15, 0.2) is 128 Å². The van der Waals surface area contributed by atoms with E-state index in [9.17, 15) is 0 Å². The molecule has 0 bridgehead atoms. The highest BCUT2D eigenvalue weighted by Gasteiger charge is 2.47. The van der Waals surface area contributed by atoms with Gasteiger partial charge < -0.3 is 23.8 Å². The summed E-state index contributed by atoms with van der Waals surface area (Å²) in [5, 5.41) is 6.66. The summed E-state index contributed by atoms with van der Waals surface area (Å²) < 4.78 is 16.4. The molecule has 5 unspecified atom stereocenters. The van der Waals surface area contributed by atoms with Crippen molar-refractivity contribution in [2.45, 2.75) is 204 Å². The van der Waals surface area contributed by atoms with Gasteiger partial charge in [0.15, 0.2) is 0 Å². The quantitative estimate of drug-likeness (QED) is 0.0391. The van der Waals surface area contributed by atoms with Gasteiger partial charge in [-0.2, -0.15) is 0 Å². The molecule has 4 aliphatic heterocycles. The van der Waals surface area contributed by atoms with Crippen LogP contribution in [0.3, 0.4) is 0 Å². The lowest BCUT2D eigenvalue weighted by Gasteiger charge is -2.26. The molecule has 9 nitrogen and oxygen atoms in total. The van der Waals surface area contributed by atoms with Crippen LogP contribution >= 0.6 is 45.3 Å². The minimum Gasteiger partial charge on any atom is -0.477 e. The average Bonchev–Trinajstić information content (AvgIpc) is 1.58. The number of aromatic nitrogens is 1. The second-order valence-corrected chi connectivity index (χ2v) is 30.7. The fourth-order valence-corrected chi connectivity index (χ4v) is 17.9. The topological polar surface area (TPSA) is 88.7 Å². The Balaban J connectivity index is 1.00. The van der Waals surface area contributed by atoms with E-state index in [1.54, 1.807) is 45.3 Å². The van der Waals surface area contributed by atoms with Crippen molar-refractivity contribution in [3.8, 4) is 20.9 Å². The zero-order chi connectivity index (χ0) is 65.1. The number of unbranched alkanes of at least 4 members (excludes halogenated alkanes) is 5. The molecule has 2 aromatic carbocycles. The highest BCUT2D eigenvalue weighted by atomic mass is 32.1. The Morgan fingerprint density at radius 3 is 1.13 bits per heavy atom. The van der Waals surface area contributed by atoms with Gasteiger partial charge in [0.25, 0.3) is 11.8 Å². The molecule has 0 fully saturated rings. The van der Waals surface area contributed by atoms with Crippen molar-refractivity contribution in [2.75, 3.05) is 26.3 Å². The third-order valence-corrected chi connectivity index (χ3v) is 24.4. The predicted octanol–water partition coefficient (Wildman–Crippen LogP) is 23.2. The zero-order valence-electron chi connectivity index (χ0n) is 57.3. The molecule has 7 aromatic rings. The number of benzene rings is 2. The van der Waals surface area contributed by atoms with Crippen LogP contribution in [-0.2, 0) is 25.6 Å². The van der Waals surface area contributed by atoms with Crippen molar-refractivity contribution >= 4 is 114 Å². The largest absolute Gasteiger partial charge is 0.477 e. The first-order valence-electron chi connectivity index (χ1n) is 35.9. The van der Waals surface area contributed by atoms with Gasteiger partial charge in [0, 0.05) is 51.2 Å². The summed E-state index contributed by atoms with van der Waals surface area (Å²) in [6, 6.07) is 31.6. The maximum atomic E-state index is 15.3. The van der Waals surface area contributed by atoms with Crippen LogP contribution in [0, 0.1) is 29.6 Å². The zero-order valence-corrected chi connectivity index (χ0v) is 60.6. The number of hydrogen-bond donors (Lipinski definition) is 0. The molecule has 0 aliphatic carbocycles. The number of aliphatic imine (C=N–C) groups is 2. The standard InChI is InChI=1S/C80H101N5O4S4/c1-11-21-28-52(16-6)47-83-61-45-57(63-39-41-67(92-63)75-71-69(79(86)84(75)48-53(17-7)29-22-12-2)73(65-33-26-43-90-65)81-77(71)88-50-55(19-9)31-24-14-4)35-37-59(61)60-38-36-58(46-62(60)83)64-40-42-68(93-64)76-72-70(80(87)85(76)49-54(18-8)30-23-13-3)74(66-34-27-44-91-66)82-78(72)89-51-56(20-10)32-25-15-5/h26-27,33-46,52-56H,11-25,28-32,47-51H2,1-10H3. The van der Waals surface area contributed by atoms with Gasteiger partial charge in [0.1, 0.15) is 0 Å². The van der Waals surface area contributed by atoms with E-state index in [1.807, 2.05) is 0 Å². The highest BCUT2D eigenvalue weighted by molar-refractivity contribution is 7.17. The molecule has 494 valence electrons. The Morgan fingerprint density at radius 1 is 0.409 bits per heavy atom. The summed E-state index contributed by atoms with van der Waals surface area (Å²) in [5.74, 6) is 3.34. The van der Waals surface area contributed by atoms with Crippen LogP contribution in [0.2, 0.25) is 0 Å². The molecular formula is C80H101N5O4S4. The van der Waals surface area contributed by atoms with E-state index in [0.29, 0.717) is 78.8 Å². The summed E-state index contributed by atoms with van der Waals surface area (Å²) in [6.07, 6.45) is 22.3. The van der Waals surface area contributed by atoms with Gasteiger partial charge in [-0.3, -0.25) is 9.59 Å². The molecule has 93 heavy (non-hydrogen) atoms. The monoisotopic (exact) mass is 1320 g/mol. The molecule has 5 aromatic heterocycles. The van der Waals surface area contributed by atoms with Crippen molar-refractivity contribution in [3.05, 3.63) is 137 Å². The number of ether oxygens (including phenoxy) is 2. The third-order valence-electron chi connectivity index (χ3n) is 20.3. The lowest BCUT2D eigenvalue weighted by atomic mass is 9.98.